The smallest absolute Gasteiger partial charge is 0.421 e. The molecular weight excluding hydrogens is 388 g/mol. The lowest BCUT2D eigenvalue weighted by Crippen LogP contribution is -2.58. The van der Waals surface area contributed by atoms with Gasteiger partial charge in [0, 0.05) is 0 Å². The van der Waals surface area contributed by atoms with E-state index in [1.54, 1.807) is 24.4 Å². The fourth-order valence-electron chi connectivity index (χ4n) is 3.72. The Labute approximate surface area is 165 Å². The number of aromatic nitrogens is 2. The topological polar surface area (TPSA) is 49.1 Å². The zero-order chi connectivity index (χ0) is 21.4. The number of alkyl halides is 3. The zero-order valence-corrected chi connectivity index (χ0v) is 16.3. The van der Waals surface area contributed by atoms with Gasteiger partial charge in [-0.05, 0) is 53.8 Å². The largest absolute Gasteiger partial charge is 0.497 e. The van der Waals surface area contributed by atoms with Gasteiger partial charge in [-0.3, -0.25) is 0 Å². The number of fused-ring (bicyclic) bond motifs is 1. The fourth-order valence-corrected chi connectivity index (χ4v) is 3.72. The first-order chi connectivity index (χ1) is 13.5. The molecule has 2 aromatic heterocycles. The molecule has 0 bridgehead atoms. The van der Waals surface area contributed by atoms with E-state index in [0.717, 1.165) is 11.5 Å². The highest BCUT2D eigenvalue weighted by molar-refractivity contribution is 5.71. The molecule has 0 aliphatic carbocycles. The average Bonchev–Trinajstić information content (AvgIpc) is 3.10. The molecular formula is C21H23F4N2O2+. The second-order valence-corrected chi connectivity index (χ2v) is 7.85. The van der Waals surface area contributed by atoms with Gasteiger partial charge in [-0.25, -0.2) is 13.9 Å². The van der Waals surface area contributed by atoms with Crippen molar-refractivity contribution in [2.24, 2.45) is 0 Å². The van der Waals surface area contributed by atoms with Crippen LogP contribution in [0.25, 0.3) is 11.0 Å². The molecule has 4 nitrogen and oxygen atoms in total. The Morgan fingerprint density at radius 3 is 2.52 bits per heavy atom. The van der Waals surface area contributed by atoms with Crippen LogP contribution in [0, 0.1) is 5.82 Å². The number of aliphatic hydroxyl groups is 1. The minimum Gasteiger partial charge on any atom is -0.497 e. The van der Waals surface area contributed by atoms with E-state index < -0.39 is 36.0 Å². The number of H-pyrrole nitrogens is 1. The third kappa shape index (κ3) is 4.07. The molecule has 1 unspecified atom stereocenters. The van der Waals surface area contributed by atoms with E-state index in [4.69, 9.17) is 4.74 Å². The third-order valence-electron chi connectivity index (χ3n) is 5.18. The van der Waals surface area contributed by atoms with Crippen LogP contribution in [0.5, 0.6) is 5.75 Å². The fraction of sp³-hybridized carbons (Fsp3) is 0.381. The van der Waals surface area contributed by atoms with Gasteiger partial charge in [0.1, 0.15) is 18.1 Å². The lowest BCUT2D eigenvalue weighted by atomic mass is 9.74. The summed E-state index contributed by atoms with van der Waals surface area (Å²) in [6.45, 7) is 2.21. The predicted molar refractivity (Wildman–Crippen MR) is 100 cm³/mol. The molecule has 0 saturated carbocycles. The van der Waals surface area contributed by atoms with E-state index in [1.807, 2.05) is 0 Å². The number of aromatic amines is 1. The van der Waals surface area contributed by atoms with Gasteiger partial charge < -0.3 is 9.84 Å². The van der Waals surface area contributed by atoms with Crippen molar-refractivity contribution in [1.82, 2.24) is 4.98 Å². The number of nitrogens with zero attached hydrogens (tertiary/aromatic N) is 1. The number of hydrogen-bond donors (Lipinski definition) is 2. The van der Waals surface area contributed by atoms with Crippen molar-refractivity contribution in [3.8, 4) is 5.75 Å². The van der Waals surface area contributed by atoms with Gasteiger partial charge in [0.25, 0.3) is 5.65 Å². The maximum Gasteiger partial charge on any atom is 0.421 e. The first-order valence-corrected chi connectivity index (χ1v) is 9.05. The maximum atomic E-state index is 14.4. The zero-order valence-electron chi connectivity index (χ0n) is 16.3. The Balaban J connectivity index is 2.02. The molecule has 2 N–H and O–H groups in total. The highest BCUT2D eigenvalue weighted by atomic mass is 19.4. The summed E-state index contributed by atoms with van der Waals surface area (Å²) in [4.78, 5) is 2.89. The second-order valence-electron chi connectivity index (χ2n) is 7.85. The average molecular weight is 411 g/mol. The Morgan fingerprint density at radius 1 is 1.14 bits per heavy atom. The minimum absolute atomic E-state index is 0.0441. The number of nitrogens with one attached hydrogen (secondary N) is 1. The molecule has 29 heavy (non-hydrogen) atoms. The Hall–Kier alpha value is -2.61. The molecule has 3 aromatic rings. The van der Waals surface area contributed by atoms with E-state index in [2.05, 4.69) is 4.98 Å². The molecule has 3 rings (SSSR count). The van der Waals surface area contributed by atoms with Crippen molar-refractivity contribution in [1.29, 1.82) is 0 Å². The first kappa shape index (κ1) is 21.1. The summed E-state index contributed by atoms with van der Waals surface area (Å²) in [7, 11) is 1.39. The molecule has 0 aliphatic heterocycles. The lowest BCUT2D eigenvalue weighted by Gasteiger charge is -2.37. The van der Waals surface area contributed by atoms with Crippen LogP contribution >= 0.6 is 0 Å². The van der Waals surface area contributed by atoms with Gasteiger partial charge in [0.15, 0.2) is 5.60 Å². The number of methoxy groups -OCH3 is 1. The summed E-state index contributed by atoms with van der Waals surface area (Å²) >= 11 is 0. The summed E-state index contributed by atoms with van der Waals surface area (Å²) in [6.07, 6.45) is -2.59. The van der Waals surface area contributed by atoms with Crippen LogP contribution in [0.15, 0.2) is 48.8 Å². The lowest BCUT2D eigenvalue weighted by molar-refractivity contribution is -0.694. The highest BCUT2D eigenvalue weighted by Gasteiger charge is 2.57. The quantitative estimate of drug-likeness (QED) is 0.470. The summed E-state index contributed by atoms with van der Waals surface area (Å²) in [5, 5.41) is 11.5. The maximum absolute atomic E-state index is 14.4. The predicted octanol–water partition coefficient (Wildman–Crippen LogP) is 4.26. The SMILES string of the molecule is COc1ccc(F)c(C(C)(C)CC(O)(C[n+]2cccc3cc[nH]c32)C(F)(F)F)c1. The van der Waals surface area contributed by atoms with Crippen LogP contribution in [-0.4, -0.2) is 29.0 Å². The van der Waals surface area contributed by atoms with Crippen molar-refractivity contribution in [3.05, 3.63) is 60.2 Å². The molecule has 0 fully saturated rings. The van der Waals surface area contributed by atoms with Gasteiger partial charge >= 0.3 is 6.18 Å². The van der Waals surface area contributed by atoms with Crippen LogP contribution in [-0.2, 0) is 12.0 Å². The van der Waals surface area contributed by atoms with E-state index in [9.17, 15) is 22.7 Å². The monoisotopic (exact) mass is 411 g/mol. The summed E-state index contributed by atoms with van der Waals surface area (Å²) in [5.41, 5.74) is -3.91. The summed E-state index contributed by atoms with van der Waals surface area (Å²) in [6, 6.07) is 9.01. The van der Waals surface area contributed by atoms with Gasteiger partial charge in [0.05, 0.1) is 24.9 Å². The number of rotatable bonds is 6. The summed E-state index contributed by atoms with van der Waals surface area (Å²) < 4.78 is 62.9. The summed E-state index contributed by atoms with van der Waals surface area (Å²) in [5.74, 6) is -0.324. The van der Waals surface area contributed by atoms with E-state index >= 15 is 0 Å². The Morgan fingerprint density at radius 2 is 1.86 bits per heavy atom. The van der Waals surface area contributed by atoms with Crippen LogP contribution in [0.3, 0.4) is 0 Å². The first-order valence-electron chi connectivity index (χ1n) is 9.05. The molecule has 1 aromatic carbocycles. The minimum atomic E-state index is -4.93. The number of benzene rings is 1. The van der Waals surface area contributed by atoms with Crippen LogP contribution in [0.4, 0.5) is 17.6 Å². The van der Waals surface area contributed by atoms with Crippen molar-refractivity contribution in [3.63, 3.8) is 0 Å². The van der Waals surface area contributed by atoms with Crippen LogP contribution < -0.4 is 9.30 Å². The molecule has 8 heteroatoms. The number of halogens is 4. The third-order valence-corrected chi connectivity index (χ3v) is 5.18. The van der Waals surface area contributed by atoms with Gasteiger partial charge in [0.2, 0.25) is 0 Å². The molecule has 1 atom stereocenters. The van der Waals surface area contributed by atoms with Crippen molar-refractivity contribution in [2.45, 2.75) is 44.0 Å². The number of pyridine rings is 1. The standard InChI is InChI=1S/C21H22F4N2O2/c1-19(2,16-11-15(29-3)6-7-17(16)22)12-20(28,21(23,24)25)13-27-10-4-5-14-8-9-26-18(14)27/h4-11,28H,12-13H2,1-3H3/p+1. The van der Waals surface area contributed by atoms with Crippen LogP contribution in [0.2, 0.25) is 0 Å². The number of ether oxygens (including phenoxy) is 1. The van der Waals surface area contributed by atoms with Gasteiger partial charge in [-0.1, -0.05) is 13.8 Å². The van der Waals surface area contributed by atoms with Crippen molar-refractivity contribution < 1.29 is 32.0 Å². The second kappa shape index (κ2) is 7.33. The number of hydrogen-bond acceptors (Lipinski definition) is 2. The molecule has 156 valence electrons. The molecule has 0 spiro atoms. The molecule has 0 aliphatic rings. The van der Waals surface area contributed by atoms with E-state index in [0.29, 0.717) is 11.4 Å². The highest BCUT2D eigenvalue weighted by Crippen LogP contribution is 2.42. The van der Waals surface area contributed by atoms with Gasteiger partial charge in [-0.2, -0.15) is 13.2 Å². The Bertz CT molecular complexity index is 1010. The van der Waals surface area contributed by atoms with E-state index in [1.165, 1.54) is 43.9 Å². The molecule has 0 saturated heterocycles. The molecule has 0 radical (unpaired) electrons. The van der Waals surface area contributed by atoms with E-state index in [-0.39, 0.29) is 5.56 Å². The van der Waals surface area contributed by atoms with Crippen molar-refractivity contribution >= 4 is 11.0 Å². The normalized spacial score (nSPS) is 14.8. The molecule has 2 heterocycles. The van der Waals surface area contributed by atoms with Crippen LogP contribution in [0.1, 0.15) is 25.8 Å². The molecule has 0 amide bonds. The van der Waals surface area contributed by atoms with Gasteiger partial charge in [-0.15, -0.1) is 0 Å². The van der Waals surface area contributed by atoms with Crippen molar-refractivity contribution in [2.75, 3.05) is 7.11 Å². The Kier molecular flexibility index (Phi) is 5.34.